The Morgan fingerprint density at radius 2 is 1.54 bits per heavy atom. The lowest BCUT2D eigenvalue weighted by Crippen LogP contribution is -2.58. The number of ether oxygens (including phenoxy) is 1. The molecule has 6 heteroatoms. The molecule has 1 heterocycles. The van der Waals surface area contributed by atoms with Gasteiger partial charge < -0.3 is 15.0 Å². The van der Waals surface area contributed by atoms with Crippen molar-refractivity contribution in [2.75, 3.05) is 13.1 Å². The maximum atomic E-state index is 12.0. The molecule has 0 aromatic heterocycles. The molecule has 0 saturated carbocycles. The van der Waals surface area contributed by atoms with Crippen LogP contribution in [0.15, 0.2) is 48.5 Å². The molecule has 1 saturated heterocycles. The fourth-order valence-corrected chi connectivity index (χ4v) is 3.38. The van der Waals surface area contributed by atoms with E-state index in [9.17, 15) is 4.79 Å². The smallest absolute Gasteiger partial charge is 0.317 e. The van der Waals surface area contributed by atoms with E-state index >= 15 is 0 Å². The molecule has 0 spiro atoms. The van der Waals surface area contributed by atoms with Gasteiger partial charge in [-0.15, -0.1) is 0 Å². The summed E-state index contributed by atoms with van der Waals surface area (Å²) in [4.78, 5) is 13.8. The molecule has 1 N–H and O–H groups in total. The van der Waals surface area contributed by atoms with Gasteiger partial charge in [0, 0.05) is 27.2 Å². The Hall–Kier alpha value is -1.75. The molecule has 0 bridgehead atoms. The summed E-state index contributed by atoms with van der Waals surface area (Å²) in [5, 5.41) is 4.15. The molecule has 2 aromatic rings. The van der Waals surface area contributed by atoms with Gasteiger partial charge in [-0.2, -0.15) is 0 Å². The lowest BCUT2D eigenvalue weighted by molar-refractivity contribution is -0.0646. The summed E-state index contributed by atoms with van der Waals surface area (Å²) in [5.41, 5.74) is 1.74. The number of likely N-dealkylation sites (tertiary alicyclic amines) is 1. The summed E-state index contributed by atoms with van der Waals surface area (Å²) in [5.74, 6) is 0. The summed E-state index contributed by atoms with van der Waals surface area (Å²) < 4.78 is 6.32. The van der Waals surface area contributed by atoms with Gasteiger partial charge in [-0.3, -0.25) is 0 Å². The van der Waals surface area contributed by atoms with Gasteiger partial charge in [0.25, 0.3) is 0 Å². The van der Waals surface area contributed by atoms with Gasteiger partial charge >= 0.3 is 6.03 Å². The van der Waals surface area contributed by atoms with E-state index in [1.807, 2.05) is 62.4 Å². The number of rotatable bonds is 5. The first-order chi connectivity index (χ1) is 12.5. The molecule has 3 rings (SSSR count). The number of carbonyl (C=O) groups excluding carboxylic acids is 1. The highest BCUT2D eigenvalue weighted by Gasteiger charge is 2.35. The van der Waals surface area contributed by atoms with Gasteiger partial charge in [0.05, 0.1) is 19.2 Å². The first-order valence-corrected chi connectivity index (χ1v) is 9.41. The number of nitrogens with zero attached hydrogens (tertiary/aromatic N) is 1. The van der Waals surface area contributed by atoms with Crippen molar-refractivity contribution in [1.29, 1.82) is 0 Å². The van der Waals surface area contributed by atoms with E-state index in [2.05, 4.69) is 5.32 Å². The molecule has 138 valence electrons. The number of nitrogens with one attached hydrogen (secondary N) is 1. The predicted octanol–water partition coefficient (Wildman–Crippen LogP) is 4.90. The van der Waals surface area contributed by atoms with E-state index in [-0.39, 0.29) is 24.3 Å². The zero-order chi connectivity index (χ0) is 18.7. The minimum absolute atomic E-state index is 0.0631. The third-order valence-electron chi connectivity index (χ3n) is 4.25. The summed E-state index contributed by atoms with van der Waals surface area (Å²) in [6, 6.07) is 15.2. The largest absolute Gasteiger partial charge is 0.362 e. The average Bonchev–Trinajstić information content (AvgIpc) is 2.55. The van der Waals surface area contributed by atoms with Crippen LogP contribution in [0.3, 0.4) is 0 Å². The highest BCUT2D eigenvalue weighted by molar-refractivity contribution is 6.32. The van der Waals surface area contributed by atoms with Gasteiger partial charge in [0.15, 0.2) is 0 Å². The predicted molar refractivity (Wildman–Crippen MR) is 105 cm³/mol. The van der Waals surface area contributed by atoms with Crippen LogP contribution < -0.4 is 5.32 Å². The second-order valence-corrected chi connectivity index (χ2v) is 7.50. The Labute approximate surface area is 164 Å². The van der Waals surface area contributed by atoms with Crippen molar-refractivity contribution in [3.05, 3.63) is 69.7 Å². The van der Waals surface area contributed by atoms with Crippen LogP contribution in [0.25, 0.3) is 0 Å². The molecule has 1 aliphatic rings. The summed E-state index contributed by atoms with van der Waals surface area (Å²) in [6.07, 6.45) is -0.442. The van der Waals surface area contributed by atoms with Gasteiger partial charge in [0.2, 0.25) is 0 Å². The second-order valence-electron chi connectivity index (χ2n) is 6.69. The number of benzene rings is 2. The topological polar surface area (TPSA) is 41.6 Å². The van der Waals surface area contributed by atoms with E-state index in [1.54, 1.807) is 4.90 Å². The molecule has 26 heavy (non-hydrogen) atoms. The SMILES string of the molecule is CC(C)NC(=O)N1CC(OC(c2ccccc2Cl)c2ccccc2Cl)C1. The standard InChI is InChI=1S/C20H22Cl2N2O2/c1-13(2)23-20(25)24-11-14(12-24)26-19(15-7-3-5-9-17(15)21)16-8-4-6-10-18(16)22/h3-10,13-14,19H,11-12H2,1-2H3,(H,23,25). The molecule has 4 nitrogen and oxygen atoms in total. The Balaban J connectivity index is 1.76. The molecule has 0 unspecified atom stereocenters. The van der Waals surface area contributed by atoms with Gasteiger partial charge in [-0.25, -0.2) is 4.79 Å². The van der Waals surface area contributed by atoms with Crippen molar-refractivity contribution in [3.63, 3.8) is 0 Å². The van der Waals surface area contributed by atoms with Crippen LogP contribution >= 0.6 is 23.2 Å². The molecule has 1 fully saturated rings. The van der Waals surface area contributed by atoms with Crippen LogP contribution in [0.5, 0.6) is 0 Å². The Morgan fingerprint density at radius 1 is 1.04 bits per heavy atom. The summed E-state index contributed by atoms with van der Waals surface area (Å²) in [6.45, 7) is 4.97. The van der Waals surface area contributed by atoms with Crippen LogP contribution in [-0.4, -0.2) is 36.2 Å². The van der Waals surface area contributed by atoms with Crippen molar-refractivity contribution < 1.29 is 9.53 Å². The molecule has 0 radical (unpaired) electrons. The molecular formula is C20H22Cl2N2O2. The maximum Gasteiger partial charge on any atom is 0.317 e. The Bertz CT molecular complexity index is 730. The van der Waals surface area contributed by atoms with Gasteiger partial charge in [-0.1, -0.05) is 59.6 Å². The van der Waals surface area contributed by atoms with Crippen molar-refractivity contribution in [1.82, 2.24) is 10.2 Å². The lowest BCUT2D eigenvalue weighted by atomic mass is 10.0. The van der Waals surface area contributed by atoms with Crippen LogP contribution in [0.2, 0.25) is 10.0 Å². The van der Waals surface area contributed by atoms with Gasteiger partial charge in [-0.05, 0) is 26.0 Å². The first-order valence-electron chi connectivity index (χ1n) is 8.65. The zero-order valence-electron chi connectivity index (χ0n) is 14.8. The molecular weight excluding hydrogens is 371 g/mol. The second kappa shape index (κ2) is 8.30. The van der Waals surface area contributed by atoms with Crippen LogP contribution in [0, 0.1) is 0 Å². The molecule has 2 amide bonds. The number of carbonyl (C=O) groups is 1. The number of amides is 2. The van der Waals surface area contributed by atoms with E-state index in [0.717, 1.165) is 11.1 Å². The number of hydrogen-bond donors (Lipinski definition) is 1. The van der Waals surface area contributed by atoms with E-state index in [4.69, 9.17) is 27.9 Å². The number of halogens is 2. The van der Waals surface area contributed by atoms with E-state index in [0.29, 0.717) is 23.1 Å². The first kappa shape index (κ1) is 19.0. The van der Waals surface area contributed by atoms with Crippen LogP contribution in [0.4, 0.5) is 4.79 Å². The number of urea groups is 1. The summed E-state index contributed by atoms with van der Waals surface area (Å²) >= 11 is 12.8. The average molecular weight is 393 g/mol. The molecule has 0 aliphatic carbocycles. The molecule has 1 aliphatic heterocycles. The Kier molecular flexibility index (Phi) is 6.07. The Morgan fingerprint density at radius 3 is 2.00 bits per heavy atom. The molecule has 2 aromatic carbocycles. The monoisotopic (exact) mass is 392 g/mol. The fourth-order valence-electron chi connectivity index (χ4n) is 2.91. The van der Waals surface area contributed by atoms with Crippen molar-refractivity contribution in [3.8, 4) is 0 Å². The summed E-state index contributed by atoms with van der Waals surface area (Å²) in [7, 11) is 0. The van der Waals surface area contributed by atoms with Gasteiger partial charge in [0.1, 0.15) is 6.10 Å². The zero-order valence-corrected chi connectivity index (χ0v) is 16.3. The lowest BCUT2D eigenvalue weighted by Gasteiger charge is -2.41. The van der Waals surface area contributed by atoms with Crippen LogP contribution in [0.1, 0.15) is 31.1 Å². The maximum absolute atomic E-state index is 12.0. The van der Waals surface area contributed by atoms with Crippen molar-refractivity contribution in [2.45, 2.75) is 32.1 Å². The number of hydrogen-bond acceptors (Lipinski definition) is 2. The van der Waals surface area contributed by atoms with Crippen LogP contribution in [-0.2, 0) is 4.74 Å². The van der Waals surface area contributed by atoms with E-state index in [1.165, 1.54) is 0 Å². The minimum Gasteiger partial charge on any atom is -0.362 e. The normalized spacial score (nSPS) is 14.6. The third kappa shape index (κ3) is 4.32. The highest BCUT2D eigenvalue weighted by atomic mass is 35.5. The molecule has 0 atom stereocenters. The van der Waals surface area contributed by atoms with Crippen molar-refractivity contribution in [2.24, 2.45) is 0 Å². The minimum atomic E-state index is -0.377. The fraction of sp³-hybridized carbons (Fsp3) is 0.350. The van der Waals surface area contributed by atoms with Crippen molar-refractivity contribution >= 4 is 29.2 Å². The highest BCUT2D eigenvalue weighted by Crippen LogP contribution is 2.36. The quantitative estimate of drug-likeness (QED) is 0.785. The van der Waals surface area contributed by atoms with E-state index < -0.39 is 0 Å². The third-order valence-corrected chi connectivity index (χ3v) is 4.94.